The Bertz CT molecular complexity index is 279. The molecule has 0 amide bonds. The number of benzene rings is 1. The zero-order valence-electron chi connectivity index (χ0n) is 8.16. The van der Waals surface area contributed by atoms with Gasteiger partial charge in [-0.15, -0.1) is 0 Å². The van der Waals surface area contributed by atoms with Crippen molar-refractivity contribution in [2.24, 2.45) is 5.73 Å². The molecule has 1 aromatic carbocycles. The Hall–Kier alpha value is -0.580. The third kappa shape index (κ3) is 4.60. The summed E-state index contributed by atoms with van der Waals surface area (Å²) in [6, 6.07) is 7.77. The molecule has 0 saturated heterocycles. The van der Waals surface area contributed by atoms with Gasteiger partial charge in [-0.1, -0.05) is 22.0 Å². The van der Waals surface area contributed by atoms with Crippen LogP contribution in [0.1, 0.15) is 6.92 Å². The normalized spacial score (nSPS) is 12.5. The number of nitrogens with two attached hydrogens (primary N) is 1. The van der Waals surface area contributed by atoms with Gasteiger partial charge in [-0.3, -0.25) is 5.32 Å². The quantitative estimate of drug-likeness (QED) is 0.625. The molecule has 0 aliphatic carbocycles. The molecule has 4 heteroatoms. The van der Waals surface area contributed by atoms with E-state index < -0.39 is 0 Å². The summed E-state index contributed by atoms with van der Waals surface area (Å²) in [5.74, 6) is 0.867. The van der Waals surface area contributed by atoms with Crippen LogP contribution in [0.2, 0.25) is 0 Å². The second-order valence-corrected chi connectivity index (χ2v) is 3.96. The van der Waals surface area contributed by atoms with E-state index in [2.05, 4.69) is 21.2 Å². The summed E-state index contributed by atoms with van der Waals surface area (Å²) in [6.07, 6.45) is 0.0149. The van der Waals surface area contributed by atoms with Gasteiger partial charge in [0.1, 0.15) is 12.4 Å². The highest BCUT2D eigenvalue weighted by molar-refractivity contribution is 9.10. The van der Waals surface area contributed by atoms with Crippen LogP contribution < -0.4 is 15.8 Å². The van der Waals surface area contributed by atoms with Crippen molar-refractivity contribution >= 4 is 15.9 Å². The lowest BCUT2D eigenvalue weighted by molar-refractivity contribution is 0.307. The monoisotopic (exact) mass is 258 g/mol. The van der Waals surface area contributed by atoms with E-state index in [9.17, 15) is 0 Å². The predicted molar refractivity (Wildman–Crippen MR) is 61.3 cm³/mol. The summed E-state index contributed by atoms with van der Waals surface area (Å²) in [5, 5.41) is 3.07. The van der Waals surface area contributed by atoms with Crippen LogP contribution in [0.5, 0.6) is 5.75 Å². The first kappa shape index (κ1) is 11.5. The van der Waals surface area contributed by atoms with Gasteiger partial charge in [0.2, 0.25) is 0 Å². The van der Waals surface area contributed by atoms with Crippen molar-refractivity contribution in [3.63, 3.8) is 0 Å². The summed E-state index contributed by atoms with van der Waals surface area (Å²) < 4.78 is 6.51. The minimum Gasteiger partial charge on any atom is -0.492 e. The SMILES string of the molecule is CC(N)NCCOc1cccc(Br)c1. The second-order valence-electron chi connectivity index (χ2n) is 3.05. The molecule has 0 aliphatic rings. The molecule has 0 spiro atoms. The first-order valence-electron chi connectivity index (χ1n) is 4.56. The molecule has 0 aliphatic heterocycles. The second kappa shape index (κ2) is 6.01. The fourth-order valence-electron chi connectivity index (χ4n) is 1.01. The van der Waals surface area contributed by atoms with E-state index in [1.54, 1.807) is 0 Å². The third-order valence-electron chi connectivity index (χ3n) is 1.63. The van der Waals surface area contributed by atoms with Crippen molar-refractivity contribution in [2.45, 2.75) is 13.1 Å². The first-order chi connectivity index (χ1) is 6.68. The Morgan fingerprint density at radius 2 is 2.36 bits per heavy atom. The molecule has 0 bridgehead atoms. The topological polar surface area (TPSA) is 47.3 Å². The lowest BCUT2D eigenvalue weighted by Gasteiger charge is -2.09. The number of ether oxygens (including phenoxy) is 1. The van der Waals surface area contributed by atoms with Crippen LogP contribution in [-0.2, 0) is 0 Å². The minimum absolute atomic E-state index is 0.0149. The van der Waals surface area contributed by atoms with E-state index in [0.717, 1.165) is 16.8 Å². The van der Waals surface area contributed by atoms with Gasteiger partial charge in [0, 0.05) is 11.0 Å². The standard InChI is InChI=1S/C10H15BrN2O/c1-8(12)13-5-6-14-10-4-2-3-9(11)7-10/h2-4,7-8,13H,5-6,12H2,1H3. The van der Waals surface area contributed by atoms with Gasteiger partial charge in [0.25, 0.3) is 0 Å². The van der Waals surface area contributed by atoms with Crippen molar-refractivity contribution < 1.29 is 4.74 Å². The van der Waals surface area contributed by atoms with Crippen molar-refractivity contribution in [1.82, 2.24) is 5.32 Å². The highest BCUT2D eigenvalue weighted by atomic mass is 79.9. The van der Waals surface area contributed by atoms with Crippen molar-refractivity contribution in [2.75, 3.05) is 13.2 Å². The molecule has 14 heavy (non-hydrogen) atoms. The molecule has 1 rings (SSSR count). The van der Waals surface area contributed by atoms with Gasteiger partial charge >= 0.3 is 0 Å². The summed E-state index contributed by atoms with van der Waals surface area (Å²) in [6.45, 7) is 3.28. The zero-order chi connectivity index (χ0) is 10.4. The maximum absolute atomic E-state index is 5.52. The summed E-state index contributed by atoms with van der Waals surface area (Å²) in [5.41, 5.74) is 5.52. The smallest absolute Gasteiger partial charge is 0.120 e. The number of rotatable bonds is 5. The molecule has 1 unspecified atom stereocenters. The molecule has 0 heterocycles. The molecule has 0 radical (unpaired) electrons. The number of hydrogen-bond acceptors (Lipinski definition) is 3. The van der Waals surface area contributed by atoms with Crippen LogP contribution in [-0.4, -0.2) is 19.3 Å². The fourth-order valence-corrected chi connectivity index (χ4v) is 1.39. The number of hydrogen-bond donors (Lipinski definition) is 2. The molecular formula is C10H15BrN2O. The van der Waals surface area contributed by atoms with E-state index in [-0.39, 0.29) is 6.17 Å². The van der Waals surface area contributed by atoms with Crippen LogP contribution in [0.25, 0.3) is 0 Å². The highest BCUT2D eigenvalue weighted by Gasteiger charge is 1.95. The maximum atomic E-state index is 5.52. The molecule has 78 valence electrons. The Morgan fingerprint density at radius 3 is 3.00 bits per heavy atom. The molecule has 3 N–H and O–H groups in total. The van der Waals surface area contributed by atoms with Gasteiger partial charge < -0.3 is 10.5 Å². The van der Waals surface area contributed by atoms with Crippen molar-refractivity contribution in [3.05, 3.63) is 28.7 Å². The van der Waals surface area contributed by atoms with Crippen LogP contribution >= 0.6 is 15.9 Å². The van der Waals surface area contributed by atoms with Crippen LogP contribution in [0, 0.1) is 0 Å². The molecule has 0 aromatic heterocycles. The van der Waals surface area contributed by atoms with Crippen LogP contribution in [0.15, 0.2) is 28.7 Å². The molecule has 0 saturated carbocycles. The molecule has 1 atom stereocenters. The lowest BCUT2D eigenvalue weighted by Crippen LogP contribution is -2.36. The van der Waals surface area contributed by atoms with E-state index >= 15 is 0 Å². The van der Waals surface area contributed by atoms with Gasteiger partial charge in [-0.2, -0.15) is 0 Å². The number of nitrogens with one attached hydrogen (secondary N) is 1. The Morgan fingerprint density at radius 1 is 1.57 bits per heavy atom. The van der Waals surface area contributed by atoms with E-state index in [0.29, 0.717) is 6.61 Å². The Kier molecular flexibility index (Phi) is 4.93. The lowest BCUT2D eigenvalue weighted by atomic mass is 10.3. The van der Waals surface area contributed by atoms with Crippen LogP contribution in [0.3, 0.4) is 0 Å². The van der Waals surface area contributed by atoms with Crippen molar-refractivity contribution in [1.29, 1.82) is 0 Å². The third-order valence-corrected chi connectivity index (χ3v) is 2.13. The van der Waals surface area contributed by atoms with E-state index in [4.69, 9.17) is 10.5 Å². The predicted octanol–water partition coefficient (Wildman–Crippen LogP) is 1.72. The Balaban J connectivity index is 2.25. The largest absolute Gasteiger partial charge is 0.492 e. The van der Waals surface area contributed by atoms with E-state index in [1.807, 2.05) is 31.2 Å². The van der Waals surface area contributed by atoms with Gasteiger partial charge in [0.05, 0.1) is 6.17 Å². The molecular weight excluding hydrogens is 244 g/mol. The maximum Gasteiger partial charge on any atom is 0.120 e. The summed E-state index contributed by atoms with van der Waals surface area (Å²) in [7, 11) is 0. The fraction of sp³-hybridized carbons (Fsp3) is 0.400. The molecule has 1 aromatic rings. The average molecular weight is 259 g/mol. The first-order valence-corrected chi connectivity index (χ1v) is 5.35. The van der Waals surface area contributed by atoms with Gasteiger partial charge in [0.15, 0.2) is 0 Å². The molecule has 0 fully saturated rings. The average Bonchev–Trinajstić information content (AvgIpc) is 2.12. The van der Waals surface area contributed by atoms with Crippen molar-refractivity contribution in [3.8, 4) is 5.75 Å². The molecule has 3 nitrogen and oxygen atoms in total. The summed E-state index contributed by atoms with van der Waals surface area (Å²) >= 11 is 3.38. The minimum atomic E-state index is 0.0149. The van der Waals surface area contributed by atoms with Gasteiger partial charge in [-0.05, 0) is 25.1 Å². The van der Waals surface area contributed by atoms with E-state index in [1.165, 1.54) is 0 Å². The van der Waals surface area contributed by atoms with Gasteiger partial charge in [-0.25, -0.2) is 0 Å². The zero-order valence-corrected chi connectivity index (χ0v) is 9.75. The Labute approximate surface area is 92.8 Å². The highest BCUT2D eigenvalue weighted by Crippen LogP contribution is 2.17. The van der Waals surface area contributed by atoms with Crippen LogP contribution in [0.4, 0.5) is 0 Å². The number of halogens is 1. The summed E-state index contributed by atoms with van der Waals surface area (Å²) in [4.78, 5) is 0.